The molecule has 106 valence electrons. The third-order valence-corrected chi connectivity index (χ3v) is 4.35. The van der Waals surface area contributed by atoms with E-state index in [0.717, 1.165) is 28.9 Å². The number of rotatable bonds is 5. The maximum absolute atomic E-state index is 5.98. The summed E-state index contributed by atoms with van der Waals surface area (Å²) in [4.78, 5) is 0. The monoisotopic (exact) mass is 289 g/mol. The fourth-order valence-corrected chi connectivity index (χ4v) is 2.83. The lowest BCUT2D eigenvalue weighted by Crippen LogP contribution is -2.23. The first-order chi connectivity index (χ1) is 9.65. The molecule has 2 aromatic rings. The molecule has 0 bridgehead atoms. The Morgan fingerprint density at radius 3 is 2.55 bits per heavy atom. The van der Waals surface area contributed by atoms with E-state index in [0.29, 0.717) is 6.04 Å². The summed E-state index contributed by atoms with van der Waals surface area (Å²) in [6.45, 7) is 4.98. The molecule has 0 saturated heterocycles. The van der Waals surface area contributed by atoms with Gasteiger partial charge in [0.25, 0.3) is 0 Å². The van der Waals surface area contributed by atoms with E-state index in [1.54, 1.807) is 0 Å². The number of aromatic amines is 1. The van der Waals surface area contributed by atoms with Gasteiger partial charge in [-0.05, 0) is 50.3 Å². The van der Waals surface area contributed by atoms with Crippen LogP contribution in [0.2, 0.25) is 5.02 Å². The van der Waals surface area contributed by atoms with Crippen LogP contribution in [-0.4, -0.2) is 10.2 Å². The average molecular weight is 290 g/mol. The summed E-state index contributed by atoms with van der Waals surface area (Å²) < 4.78 is 0. The SMILES string of the molecule is Cc1n[nH]c(C)c1CN[C@@H](c1ccc(Cl)cc1)C1CC1. The highest BCUT2D eigenvalue weighted by atomic mass is 35.5. The minimum Gasteiger partial charge on any atom is -0.305 e. The predicted octanol–water partition coefficient (Wildman–Crippen LogP) is 3.92. The number of H-pyrrole nitrogens is 1. The highest BCUT2D eigenvalue weighted by Crippen LogP contribution is 2.41. The van der Waals surface area contributed by atoms with Gasteiger partial charge in [-0.15, -0.1) is 0 Å². The van der Waals surface area contributed by atoms with Gasteiger partial charge in [0.2, 0.25) is 0 Å². The zero-order valence-electron chi connectivity index (χ0n) is 11.9. The molecule has 1 aromatic carbocycles. The first-order valence-electron chi connectivity index (χ1n) is 7.14. The molecule has 3 rings (SSSR count). The highest BCUT2D eigenvalue weighted by molar-refractivity contribution is 6.30. The van der Waals surface area contributed by atoms with Crippen molar-refractivity contribution in [2.75, 3.05) is 0 Å². The molecule has 2 N–H and O–H groups in total. The maximum Gasteiger partial charge on any atom is 0.0638 e. The van der Waals surface area contributed by atoms with E-state index < -0.39 is 0 Å². The Balaban J connectivity index is 1.74. The van der Waals surface area contributed by atoms with Crippen molar-refractivity contribution >= 4 is 11.6 Å². The van der Waals surface area contributed by atoms with E-state index in [1.165, 1.54) is 24.0 Å². The number of hydrogen-bond donors (Lipinski definition) is 2. The van der Waals surface area contributed by atoms with E-state index in [1.807, 2.05) is 12.1 Å². The van der Waals surface area contributed by atoms with E-state index in [-0.39, 0.29) is 0 Å². The lowest BCUT2D eigenvalue weighted by Gasteiger charge is -2.19. The molecule has 0 radical (unpaired) electrons. The van der Waals surface area contributed by atoms with Crippen LogP contribution >= 0.6 is 11.6 Å². The summed E-state index contributed by atoms with van der Waals surface area (Å²) in [5, 5.41) is 11.8. The fraction of sp³-hybridized carbons (Fsp3) is 0.438. The third kappa shape index (κ3) is 2.89. The smallest absolute Gasteiger partial charge is 0.0638 e. The Kier molecular flexibility index (Phi) is 3.81. The minimum absolute atomic E-state index is 0.418. The van der Waals surface area contributed by atoms with Crippen LogP contribution in [0.1, 0.15) is 41.4 Å². The summed E-state index contributed by atoms with van der Waals surface area (Å²) in [7, 11) is 0. The average Bonchev–Trinajstić information content (AvgIpc) is 3.22. The zero-order chi connectivity index (χ0) is 14.1. The summed E-state index contributed by atoms with van der Waals surface area (Å²) in [6, 6.07) is 8.63. The van der Waals surface area contributed by atoms with Gasteiger partial charge in [-0.1, -0.05) is 23.7 Å². The summed E-state index contributed by atoms with van der Waals surface area (Å²) in [5.41, 5.74) is 4.85. The molecule has 3 nitrogen and oxygen atoms in total. The Labute approximate surface area is 124 Å². The molecular weight excluding hydrogens is 270 g/mol. The van der Waals surface area contributed by atoms with Gasteiger partial charge in [-0.25, -0.2) is 0 Å². The molecule has 0 amide bonds. The van der Waals surface area contributed by atoms with E-state index in [2.05, 4.69) is 41.5 Å². The van der Waals surface area contributed by atoms with Crippen molar-refractivity contribution in [2.24, 2.45) is 5.92 Å². The minimum atomic E-state index is 0.418. The number of aromatic nitrogens is 2. The van der Waals surface area contributed by atoms with Crippen molar-refractivity contribution in [1.82, 2.24) is 15.5 Å². The van der Waals surface area contributed by atoms with Gasteiger partial charge in [0.05, 0.1) is 5.69 Å². The van der Waals surface area contributed by atoms with Gasteiger partial charge in [-0.3, -0.25) is 5.10 Å². The van der Waals surface area contributed by atoms with Crippen LogP contribution in [0.15, 0.2) is 24.3 Å². The number of halogens is 1. The van der Waals surface area contributed by atoms with Crippen LogP contribution in [0, 0.1) is 19.8 Å². The van der Waals surface area contributed by atoms with Crippen LogP contribution < -0.4 is 5.32 Å². The van der Waals surface area contributed by atoms with Gasteiger partial charge in [0.15, 0.2) is 0 Å². The molecule has 1 fully saturated rings. The summed E-state index contributed by atoms with van der Waals surface area (Å²) in [5.74, 6) is 0.753. The first-order valence-corrected chi connectivity index (χ1v) is 7.52. The van der Waals surface area contributed by atoms with E-state index >= 15 is 0 Å². The normalized spacial score (nSPS) is 16.4. The van der Waals surface area contributed by atoms with Crippen LogP contribution in [0.4, 0.5) is 0 Å². The Hall–Kier alpha value is -1.32. The largest absolute Gasteiger partial charge is 0.305 e. The number of benzene rings is 1. The molecule has 0 spiro atoms. The topological polar surface area (TPSA) is 40.7 Å². The number of aryl methyl sites for hydroxylation is 2. The molecule has 1 atom stereocenters. The van der Waals surface area contributed by atoms with Gasteiger partial charge in [0.1, 0.15) is 0 Å². The first kappa shape index (κ1) is 13.7. The molecule has 4 heteroatoms. The van der Waals surface area contributed by atoms with Crippen molar-refractivity contribution in [1.29, 1.82) is 0 Å². The highest BCUT2D eigenvalue weighted by Gasteiger charge is 2.32. The summed E-state index contributed by atoms with van der Waals surface area (Å²) >= 11 is 5.98. The van der Waals surface area contributed by atoms with Crippen LogP contribution in [0.5, 0.6) is 0 Å². The number of hydrogen-bond acceptors (Lipinski definition) is 2. The molecule has 1 aliphatic rings. The molecule has 1 saturated carbocycles. The van der Waals surface area contributed by atoms with Crippen molar-refractivity contribution in [3.05, 3.63) is 51.8 Å². The molecule has 0 aliphatic heterocycles. The fourth-order valence-electron chi connectivity index (χ4n) is 2.70. The van der Waals surface area contributed by atoms with Gasteiger partial charge in [-0.2, -0.15) is 5.10 Å². The van der Waals surface area contributed by atoms with Crippen molar-refractivity contribution < 1.29 is 0 Å². The summed E-state index contributed by atoms with van der Waals surface area (Å²) in [6.07, 6.45) is 2.62. The lowest BCUT2D eigenvalue weighted by atomic mass is 10.0. The molecule has 1 aliphatic carbocycles. The Morgan fingerprint density at radius 2 is 2.00 bits per heavy atom. The predicted molar refractivity (Wildman–Crippen MR) is 81.8 cm³/mol. The van der Waals surface area contributed by atoms with Crippen LogP contribution in [-0.2, 0) is 6.54 Å². The molecule has 0 unspecified atom stereocenters. The van der Waals surface area contributed by atoms with Crippen molar-refractivity contribution in [3.63, 3.8) is 0 Å². The third-order valence-electron chi connectivity index (χ3n) is 4.10. The second-order valence-corrected chi connectivity index (χ2v) is 6.10. The molecule has 1 heterocycles. The van der Waals surface area contributed by atoms with Crippen molar-refractivity contribution in [3.8, 4) is 0 Å². The quantitative estimate of drug-likeness (QED) is 0.876. The lowest BCUT2D eigenvalue weighted by molar-refractivity contribution is 0.479. The van der Waals surface area contributed by atoms with Crippen LogP contribution in [0.25, 0.3) is 0 Å². The van der Waals surface area contributed by atoms with E-state index in [4.69, 9.17) is 11.6 Å². The number of nitrogens with one attached hydrogen (secondary N) is 2. The molecular formula is C16H20ClN3. The van der Waals surface area contributed by atoms with Gasteiger partial charge in [0, 0.05) is 28.9 Å². The second kappa shape index (κ2) is 5.58. The Morgan fingerprint density at radius 1 is 1.30 bits per heavy atom. The molecule has 20 heavy (non-hydrogen) atoms. The standard InChI is InChI=1S/C16H20ClN3/c1-10-15(11(2)20-19-10)9-18-16(12-3-4-12)13-5-7-14(17)8-6-13/h5-8,12,16,18H,3-4,9H2,1-2H3,(H,19,20)/t16-/m1/s1. The van der Waals surface area contributed by atoms with Crippen LogP contribution in [0.3, 0.4) is 0 Å². The van der Waals surface area contributed by atoms with Crippen molar-refractivity contribution in [2.45, 2.75) is 39.3 Å². The zero-order valence-corrected chi connectivity index (χ0v) is 12.7. The van der Waals surface area contributed by atoms with Gasteiger partial charge < -0.3 is 5.32 Å². The van der Waals surface area contributed by atoms with Gasteiger partial charge >= 0.3 is 0 Å². The maximum atomic E-state index is 5.98. The molecule has 1 aromatic heterocycles. The number of nitrogens with zero attached hydrogens (tertiary/aromatic N) is 1. The van der Waals surface area contributed by atoms with E-state index in [9.17, 15) is 0 Å². The second-order valence-electron chi connectivity index (χ2n) is 5.66. The Bertz CT molecular complexity index is 565.